The molecule has 0 aliphatic carbocycles. The van der Waals surface area contributed by atoms with Gasteiger partial charge in [-0.3, -0.25) is 10.2 Å². The second-order valence-corrected chi connectivity index (χ2v) is 3.10. The molecule has 0 radical (unpaired) electrons. The topological polar surface area (TPSA) is 41.3 Å². The lowest BCUT2D eigenvalue weighted by Gasteiger charge is -2.36. The number of hydrogen-bond acceptors (Lipinski definition) is 3. The maximum atomic E-state index is 6.04. The van der Waals surface area contributed by atoms with Crippen LogP contribution in [0.3, 0.4) is 0 Å². The lowest BCUT2D eigenvalue weighted by molar-refractivity contribution is 0.110. The van der Waals surface area contributed by atoms with Crippen LogP contribution in [0.5, 0.6) is 0 Å². The lowest BCUT2D eigenvalue weighted by atomic mass is 10.2. The van der Waals surface area contributed by atoms with Gasteiger partial charge in [0.25, 0.3) is 0 Å². The summed E-state index contributed by atoms with van der Waals surface area (Å²) < 4.78 is 0. The molecule has 68 valence electrons. The van der Waals surface area contributed by atoms with Crippen LogP contribution in [0, 0.1) is 0 Å². The van der Waals surface area contributed by atoms with E-state index in [2.05, 4.69) is 19.2 Å². The van der Waals surface area contributed by atoms with Crippen molar-refractivity contribution in [2.75, 3.05) is 20.6 Å². The van der Waals surface area contributed by atoms with Gasteiger partial charge in [0.1, 0.15) is 5.79 Å². The molecule has 0 rings (SSSR count). The van der Waals surface area contributed by atoms with Gasteiger partial charge >= 0.3 is 0 Å². The Bertz CT molecular complexity index is 104. The fourth-order valence-electron chi connectivity index (χ4n) is 0.941. The lowest BCUT2D eigenvalue weighted by Crippen LogP contribution is -2.62. The van der Waals surface area contributed by atoms with E-state index >= 15 is 0 Å². The van der Waals surface area contributed by atoms with Crippen LogP contribution >= 0.6 is 0 Å². The molecule has 0 spiro atoms. The third-order valence-corrected chi connectivity index (χ3v) is 2.02. The minimum Gasteiger partial charge on any atom is -0.301 e. The highest BCUT2D eigenvalue weighted by Crippen LogP contribution is 2.04. The van der Waals surface area contributed by atoms with Crippen molar-refractivity contribution in [3.8, 4) is 0 Å². The van der Waals surface area contributed by atoms with Crippen LogP contribution < -0.4 is 11.1 Å². The summed E-state index contributed by atoms with van der Waals surface area (Å²) in [4.78, 5) is 2.02. The molecular weight excluding hydrogens is 138 g/mol. The van der Waals surface area contributed by atoms with Gasteiger partial charge in [-0.25, -0.2) is 0 Å². The Morgan fingerprint density at radius 3 is 2.18 bits per heavy atom. The Morgan fingerprint density at radius 2 is 1.91 bits per heavy atom. The third kappa shape index (κ3) is 3.18. The first kappa shape index (κ1) is 10.9. The molecule has 1 unspecified atom stereocenters. The summed E-state index contributed by atoms with van der Waals surface area (Å²) in [5.74, 6) is -0.323. The average molecular weight is 159 g/mol. The van der Waals surface area contributed by atoms with Crippen LogP contribution in [0.2, 0.25) is 0 Å². The Kier molecular flexibility index (Phi) is 4.65. The fourth-order valence-corrected chi connectivity index (χ4v) is 0.941. The SMILES string of the molecule is CCCNC(N)(CC)N(C)C. The van der Waals surface area contributed by atoms with E-state index in [4.69, 9.17) is 5.73 Å². The van der Waals surface area contributed by atoms with Crippen molar-refractivity contribution in [3.63, 3.8) is 0 Å². The fraction of sp³-hybridized carbons (Fsp3) is 1.00. The second kappa shape index (κ2) is 4.70. The number of hydrogen-bond donors (Lipinski definition) is 2. The molecule has 0 saturated carbocycles. The van der Waals surface area contributed by atoms with E-state index in [0.717, 1.165) is 19.4 Å². The highest BCUT2D eigenvalue weighted by molar-refractivity contribution is 4.75. The first-order valence-corrected chi connectivity index (χ1v) is 4.28. The van der Waals surface area contributed by atoms with Crippen LogP contribution in [0.1, 0.15) is 26.7 Å². The Morgan fingerprint density at radius 1 is 1.36 bits per heavy atom. The van der Waals surface area contributed by atoms with Crippen molar-refractivity contribution in [1.29, 1.82) is 0 Å². The minimum absolute atomic E-state index is 0.323. The zero-order chi connectivity index (χ0) is 8.91. The van der Waals surface area contributed by atoms with Crippen molar-refractivity contribution >= 4 is 0 Å². The van der Waals surface area contributed by atoms with Gasteiger partial charge in [-0.2, -0.15) is 0 Å². The Hall–Kier alpha value is -0.120. The van der Waals surface area contributed by atoms with Crippen LogP contribution in [0.4, 0.5) is 0 Å². The zero-order valence-corrected chi connectivity index (χ0v) is 8.15. The number of nitrogens with two attached hydrogens (primary N) is 1. The first-order chi connectivity index (χ1) is 5.06. The number of nitrogens with zero attached hydrogens (tertiary/aromatic N) is 1. The van der Waals surface area contributed by atoms with Gasteiger partial charge in [0, 0.05) is 0 Å². The van der Waals surface area contributed by atoms with E-state index in [-0.39, 0.29) is 5.79 Å². The summed E-state index contributed by atoms with van der Waals surface area (Å²) in [5.41, 5.74) is 6.04. The van der Waals surface area contributed by atoms with Crippen molar-refractivity contribution in [2.24, 2.45) is 5.73 Å². The summed E-state index contributed by atoms with van der Waals surface area (Å²) in [6, 6.07) is 0. The molecule has 3 N–H and O–H groups in total. The van der Waals surface area contributed by atoms with Crippen LogP contribution in [0.15, 0.2) is 0 Å². The molecule has 3 nitrogen and oxygen atoms in total. The van der Waals surface area contributed by atoms with Crippen molar-refractivity contribution < 1.29 is 0 Å². The van der Waals surface area contributed by atoms with E-state index in [1.807, 2.05) is 19.0 Å². The van der Waals surface area contributed by atoms with E-state index < -0.39 is 0 Å². The van der Waals surface area contributed by atoms with Crippen molar-refractivity contribution in [3.05, 3.63) is 0 Å². The van der Waals surface area contributed by atoms with E-state index in [0.29, 0.717) is 0 Å². The molecule has 0 aromatic heterocycles. The molecule has 0 aromatic carbocycles. The smallest absolute Gasteiger partial charge is 0.122 e. The summed E-state index contributed by atoms with van der Waals surface area (Å²) in [6.45, 7) is 5.20. The Labute approximate surface area is 69.9 Å². The van der Waals surface area contributed by atoms with Gasteiger partial charge in [0.2, 0.25) is 0 Å². The summed E-state index contributed by atoms with van der Waals surface area (Å²) >= 11 is 0. The molecule has 0 aliphatic heterocycles. The summed E-state index contributed by atoms with van der Waals surface area (Å²) in [7, 11) is 3.98. The maximum Gasteiger partial charge on any atom is 0.122 e. The predicted octanol–water partition coefficient (Wildman–Crippen LogP) is 0.570. The van der Waals surface area contributed by atoms with Gasteiger partial charge < -0.3 is 5.73 Å². The van der Waals surface area contributed by atoms with Crippen molar-refractivity contribution in [1.82, 2.24) is 10.2 Å². The largest absolute Gasteiger partial charge is 0.301 e. The second-order valence-electron chi connectivity index (χ2n) is 3.10. The molecule has 3 heteroatoms. The highest BCUT2D eigenvalue weighted by atomic mass is 15.4. The molecule has 11 heavy (non-hydrogen) atoms. The predicted molar refractivity (Wildman–Crippen MR) is 49.2 cm³/mol. The summed E-state index contributed by atoms with van der Waals surface area (Å²) in [5, 5.41) is 3.30. The highest BCUT2D eigenvalue weighted by Gasteiger charge is 2.23. The molecule has 0 bridgehead atoms. The third-order valence-electron chi connectivity index (χ3n) is 2.02. The number of rotatable bonds is 5. The minimum atomic E-state index is -0.323. The first-order valence-electron chi connectivity index (χ1n) is 4.28. The van der Waals surface area contributed by atoms with Gasteiger partial charge in [0.15, 0.2) is 0 Å². The Balaban J connectivity index is 3.88. The molecule has 1 atom stereocenters. The summed E-state index contributed by atoms with van der Waals surface area (Å²) in [6.07, 6.45) is 2.03. The van der Waals surface area contributed by atoms with Crippen molar-refractivity contribution in [2.45, 2.75) is 32.5 Å². The number of nitrogens with one attached hydrogen (secondary N) is 1. The standard InChI is InChI=1S/C8H21N3/c1-5-7-10-8(9,6-2)11(3)4/h10H,5-7,9H2,1-4H3. The molecule has 0 aliphatic rings. The van der Waals surface area contributed by atoms with E-state index in [1.165, 1.54) is 0 Å². The molecule has 0 amide bonds. The average Bonchev–Trinajstić information content (AvgIpc) is 2.00. The zero-order valence-electron chi connectivity index (χ0n) is 8.15. The maximum absolute atomic E-state index is 6.04. The van der Waals surface area contributed by atoms with Gasteiger partial charge in [0.05, 0.1) is 0 Å². The molecule has 0 heterocycles. The molecule has 0 fully saturated rings. The molecular formula is C8H21N3. The van der Waals surface area contributed by atoms with Crippen LogP contribution in [0.25, 0.3) is 0 Å². The van der Waals surface area contributed by atoms with Gasteiger partial charge in [-0.1, -0.05) is 13.8 Å². The van der Waals surface area contributed by atoms with E-state index in [1.54, 1.807) is 0 Å². The quantitative estimate of drug-likeness (QED) is 0.576. The monoisotopic (exact) mass is 159 g/mol. The van der Waals surface area contributed by atoms with E-state index in [9.17, 15) is 0 Å². The van der Waals surface area contributed by atoms with Gasteiger partial charge in [-0.15, -0.1) is 0 Å². The molecule has 0 aromatic rings. The van der Waals surface area contributed by atoms with Gasteiger partial charge in [-0.05, 0) is 33.5 Å². The van der Waals surface area contributed by atoms with Crippen LogP contribution in [-0.4, -0.2) is 31.3 Å². The molecule has 0 saturated heterocycles. The van der Waals surface area contributed by atoms with Crippen LogP contribution in [-0.2, 0) is 0 Å². The normalized spacial score (nSPS) is 16.9.